The van der Waals surface area contributed by atoms with Gasteiger partial charge in [-0.2, -0.15) is 13.2 Å². The van der Waals surface area contributed by atoms with Gasteiger partial charge < -0.3 is 10.2 Å². The molecule has 1 heterocycles. The summed E-state index contributed by atoms with van der Waals surface area (Å²) in [6.07, 6.45) is -4.72. The van der Waals surface area contributed by atoms with E-state index >= 15 is 4.39 Å². The number of ketones is 1. The highest BCUT2D eigenvalue weighted by atomic mass is 79.9. The van der Waals surface area contributed by atoms with Crippen molar-refractivity contribution in [3.8, 4) is 0 Å². The van der Waals surface area contributed by atoms with Gasteiger partial charge in [-0.15, -0.1) is 0 Å². The van der Waals surface area contributed by atoms with Crippen molar-refractivity contribution >= 4 is 27.6 Å². The lowest BCUT2D eigenvalue weighted by Crippen LogP contribution is -2.33. The first-order valence-electron chi connectivity index (χ1n) is 13.1. The van der Waals surface area contributed by atoms with Crippen LogP contribution in [0.15, 0.2) is 119 Å². The van der Waals surface area contributed by atoms with Crippen LogP contribution < -0.4 is 5.32 Å². The summed E-state index contributed by atoms with van der Waals surface area (Å²) in [5.41, 5.74) is 0.806. The van der Waals surface area contributed by atoms with Crippen LogP contribution >= 0.6 is 15.9 Å². The lowest BCUT2D eigenvalue weighted by molar-refractivity contribution is -0.137. The average molecular weight is 637 g/mol. The molecule has 0 saturated heterocycles. The van der Waals surface area contributed by atoms with Crippen LogP contribution in [-0.2, 0) is 17.5 Å². The molecule has 0 spiro atoms. The van der Waals surface area contributed by atoms with Crippen molar-refractivity contribution in [3.63, 3.8) is 0 Å². The van der Waals surface area contributed by atoms with Crippen molar-refractivity contribution in [3.05, 3.63) is 153 Å². The second kappa shape index (κ2) is 11.9. The van der Waals surface area contributed by atoms with Crippen LogP contribution in [0.4, 0.5) is 17.6 Å². The molecule has 42 heavy (non-hydrogen) atoms. The van der Waals surface area contributed by atoms with Gasteiger partial charge in [-0.05, 0) is 42.3 Å². The number of amides is 1. The van der Waals surface area contributed by atoms with Crippen molar-refractivity contribution in [2.75, 3.05) is 0 Å². The number of carbonyl (C=O) groups is 2. The van der Waals surface area contributed by atoms with Gasteiger partial charge in [0.1, 0.15) is 11.5 Å². The molecule has 9 heteroatoms. The van der Waals surface area contributed by atoms with Crippen LogP contribution in [0.25, 0.3) is 0 Å². The molecule has 2 atom stereocenters. The smallest absolute Gasteiger partial charge is 0.374 e. The molecule has 214 valence electrons. The number of Topliss-reactive ketones (excluding diaryl/α,β-unsaturated/α-hetero) is 1. The van der Waals surface area contributed by atoms with E-state index in [4.69, 9.17) is 0 Å². The fourth-order valence-corrected chi connectivity index (χ4v) is 5.29. The summed E-state index contributed by atoms with van der Waals surface area (Å²) >= 11 is 3.40. The van der Waals surface area contributed by atoms with Crippen LogP contribution in [0.1, 0.15) is 51.6 Å². The van der Waals surface area contributed by atoms with E-state index in [1.165, 1.54) is 4.90 Å². The minimum absolute atomic E-state index is 0.0560. The third-order valence-electron chi connectivity index (χ3n) is 7.18. The van der Waals surface area contributed by atoms with Crippen LogP contribution in [0.5, 0.6) is 0 Å². The van der Waals surface area contributed by atoms with E-state index in [0.717, 1.165) is 22.2 Å². The number of halogens is 5. The first-order valence-corrected chi connectivity index (χ1v) is 13.9. The number of benzene rings is 4. The third kappa shape index (κ3) is 6.01. The Bertz CT molecular complexity index is 1640. The molecule has 1 amide bonds. The molecule has 1 aliphatic heterocycles. The van der Waals surface area contributed by atoms with Crippen LogP contribution in [0, 0.1) is 5.82 Å². The normalized spacial score (nSPS) is 16.1. The van der Waals surface area contributed by atoms with Gasteiger partial charge in [0.15, 0.2) is 5.78 Å². The molecule has 0 saturated carbocycles. The molecule has 0 aromatic heterocycles. The molecule has 0 aliphatic carbocycles. The van der Waals surface area contributed by atoms with Crippen molar-refractivity contribution < 1.29 is 27.2 Å². The number of rotatable bonds is 8. The maximum Gasteiger partial charge on any atom is 0.416 e. The summed E-state index contributed by atoms with van der Waals surface area (Å²) in [5.74, 6) is -2.05. The molecule has 0 bridgehead atoms. The van der Waals surface area contributed by atoms with E-state index in [2.05, 4.69) is 21.2 Å². The number of carbonyl (C=O) groups excluding carboxylic acids is 2. The Hall–Kier alpha value is -4.24. The van der Waals surface area contributed by atoms with Crippen molar-refractivity contribution in [2.24, 2.45) is 0 Å². The predicted octanol–water partition coefficient (Wildman–Crippen LogP) is 8.18. The molecular weight excluding hydrogens is 612 g/mol. The molecule has 4 aromatic carbocycles. The van der Waals surface area contributed by atoms with Crippen molar-refractivity contribution in [1.82, 2.24) is 10.2 Å². The Kier molecular flexibility index (Phi) is 8.31. The number of alkyl halides is 3. The second-order valence-electron chi connectivity index (χ2n) is 9.95. The van der Waals surface area contributed by atoms with Crippen LogP contribution in [0.3, 0.4) is 0 Å². The predicted molar refractivity (Wildman–Crippen MR) is 155 cm³/mol. The summed E-state index contributed by atoms with van der Waals surface area (Å²) in [6, 6.07) is 25.8. The van der Waals surface area contributed by atoms with Gasteiger partial charge in [-0.25, -0.2) is 4.39 Å². The van der Waals surface area contributed by atoms with E-state index in [-0.39, 0.29) is 29.4 Å². The molecule has 1 N–H and O–H groups in total. The fourth-order valence-electron chi connectivity index (χ4n) is 5.02. The largest absolute Gasteiger partial charge is 0.416 e. The monoisotopic (exact) mass is 636 g/mol. The summed E-state index contributed by atoms with van der Waals surface area (Å²) in [5, 5.41) is 3.23. The maximum atomic E-state index is 15.1. The molecule has 4 aromatic rings. The van der Waals surface area contributed by atoms with Gasteiger partial charge >= 0.3 is 6.18 Å². The Morgan fingerprint density at radius 3 is 2.14 bits per heavy atom. The Balaban J connectivity index is 1.64. The number of nitrogens with one attached hydrogen (secondary N) is 1. The molecular formula is C33H25BrF4N2O2. The van der Waals surface area contributed by atoms with E-state index in [0.29, 0.717) is 17.2 Å². The zero-order chi connectivity index (χ0) is 30.0. The highest BCUT2D eigenvalue weighted by molar-refractivity contribution is 9.10. The Labute approximate surface area is 248 Å². The molecule has 4 nitrogen and oxygen atoms in total. The SMILES string of the molecule is C[C@@H](NC1=C(C(=O)c2ccccc2)C(c2ccc(Br)cc2)N(Cc2ccc(C(F)(F)F)cc2F)C1=O)c1ccccc1. The van der Waals surface area contributed by atoms with Crippen LogP contribution in [0.2, 0.25) is 0 Å². The standard InChI is InChI=1S/C33H25BrF4N2O2/c1-20(21-8-4-2-5-9-21)39-29-28(31(41)23-10-6-3-7-11-23)30(22-13-16-26(34)17-14-22)40(32(29)42)19-24-12-15-25(18-27(24)35)33(36,37)38/h2-18,20,30,39H,19H2,1H3/t20-,30?/m1/s1. The van der Waals surface area contributed by atoms with Crippen molar-refractivity contribution in [1.29, 1.82) is 0 Å². The summed E-state index contributed by atoms with van der Waals surface area (Å²) in [4.78, 5) is 29.6. The minimum Gasteiger partial charge on any atom is -0.374 e. The quantitative estimate of drug-likeness (QED) is 0.157. The van der Waals surface area contributed by atoms with Gasteiger partial charge in [0.05, 0.1) is 17.2 Å². The zero-order valence-electron chi connectivity index (χ0n) is 22.3. The maximum absolute atomic E-state index is 15.1. The van der Waals surface area contributed by atoms with Gasteiger partial charge in [0.25, 0.3) is 5.91 Å². The Morgan fingerprint density at radius 2 is 1.55 bits per heavy atom. The van der Waals surface area contributed by atoms with Crippen molar-refractivity contribution in [2.45, 2.75) is 31.7 Å². The lowest BCUT2D eigenvalue weighted by atomic mass is 9.92. The van der Waals surface area contributed by atoms with E-state index in [9.17, 15) is 22.8 Å². The van der Waals surface area contributed by atoms with Gasteiger partial charge in [0.2, 0.25) is 0 Å². The number of hydrogen-bond acceptors (Lipinski definition) is 3. The highest BCUT2D eigenvalue weighted by Crippen LogP contribution is 2.41. The molecule has 1 unspecified atom stereocenters. The van der Waals surface area contributed by atoms with Gasteiger partial charge in [0, 0.05) is 28.2 Å². The average Bonchev–Trinajstić information content (AvgIpc) is 3.24. The molecule has 0 fully saturated rings. The molecule has 1 aliphatic rings. The Morgan fingerprint density at radius 1 is 0.929 bits per heavy atom. The lowest BCUT2D eigenvalue weighted by Gasteiger charge is -2.27. The number of nitrogens with zero attached hydrogens (tertiary/aromatic N) is 1. The summed E-state index contributed by atoms with van der Waals surface area (Å²) in [7, 11) is 0. The first kappa shape index (κ1) is 29.3. The minimum atomic E-state index is -4.72. The van der Waals surface area contributed by atoms with Gasteiger partial charge in [-0.3, -0.25) is 9.59 Å². The second-order valence-corrected chi connectivity index (χ2v) is 10.9. The first-order chi connectivity index (χ1) is 20.0. The molecule has 0 radical (unpaired) electrons. The van der Waals surface area contributed by atoms with E-state index < -0.39 is 35.3 Å². The van der Waals surface area contributed by atoms with E-state index in [1.807, 2.05) is 37.3 Å². The van der Waals surface area contributed by atoms with Crippen LogP contribution in [-0.4, -0.2) is 16.6 Å². The third-order valence-corrected chi connectivity index (χ3v) is 7.71. The topological polar surface area (TPSA) is 49.4 Å². The highest BCUT2D eigenvalue weighted by Gasteiger charge is 2.44. The fraction of sp³-hybridized carbons (Fsp3) is 0.152. The van der Waals surface area contributed by atoms with E-state index in [1.54, 1.807) is 54.6 Å². The number of hydrogen-bond donors (Lipinski definition) is 1. The summed E-state index contributed by atoms with van der Waals surface area (Å²) in [6.45, 7) is 1.49. The summed E-state index contributed by atoms with van der Waals surface area (Å²) < 4.78 is 55.4. The van der Waals surface area contributed by atoms with Gasteiger partial charge in [-0.1, -0.05) is 94.8 Å². The molecule has 5 rings (SSSR count). The zero-order valence-corrected chi connectivity index (χ0v) is 23.9.